The number of para-hydroxylation sites is 1. The molecule has 29 heavy (non-hydrogen) atoms. The Hall–Kier alpha value is -1.20. The fourth-order valence-corrected chi connectivity index (χ4v) is 7.81. The standard InChI is InChI=1S/C19H29N3O5S2/c1-20(2)13-14-22-16-9-11-21(28(23,24)15-7-8-15)12-10-17(16)27-18-5-3-4-6-19(18)29(22,25)26/h3-6,15-17H,7-14H2,1-2H3/t16-,17-/m0/s1. The second-order valence-corrected chi connectivity index (χ2v) is 12.4. The van der Waals surface area contributed by atoms with E-state index in [-0.39, 0.29) is 16.2 Å². The molecule has 10 heteroatoms. The van der Waals surface area contributed by atoms with Crippen LogP contribution in [-0.2, 0) is 20.0 Å². The van der Waals surface area contributed by atoms with Gasteiger partial charge in [-0.2, -0.15) is 4.31 Å². The van der Waals surface area contributed by atoms with Crippen LogP contribution in [0.1, 0.15) is 25.7 Å². The third-order valence-electron chi connectivity index (χ3n) is 5.92. The monoisotopic (exact) mass is 443 g/mol. The summed E-state index contributed by atoms with van der Waals surface area (Å²) in [6.07, 6.45) is 1.96. The van der Waals surface area contributed by atoms with Crippen molar-refractivity contribution in [1.29, 1.82) is 0 Å². The van der Waals surface area contributed by atoms with Gasteiger partial charge in [0.1, 0.15) is 16.7 Å². The minimum Gasteiger partial charge on any atom is -0.487 e. The van der Waals surface area contributed by atoms with Crippen molar-refractivity contribution in [1.82, 2.24) is 13.5 Å². The molecule has 0 spiro atoms. The molecule has 1 aromatic carbocycles. The number of likely N-dealkylation sites (N-methyl/N-ethyl adjacent to an activating group) is 1. The van der Waals surface area contributed by atoms with Crippen LogP contribution in [0.3, 0.4) is 0 Å². The first-order valence-corrected chi connectivity index (χ1v) is 13.1. The number of benzene rings is 1. The van der Waals surface area contributed by atoms with Gasteiger partial charge in [-0.1, -0.05) is 12.1 Å². The average molecular weight is 444 g/mol. The molecule has 1 saturated heterocycles. The number of rotatable bonds is 5. The van der Waals surface area contributed by atoms with Gasteiger partial charge in [-0.3, -0.25) is 0 Å². The first-order chi connectivity index (χ1) is 13.7. The molecule has 0 unspecified atom stereocenters. The van der Waals surface area contributed by atoms with Gasteiger partial charge in [0.05, 0.1) is 11.3 Å². The predicted molar refractivity (Wildman–Crippen MR) is 110 cm³/mol. The van der Waals surface area contributed by atoms with Crippen molar-refractivity contribution in [2.45, 2.75) is 48.0 Å². The van der Waals surface area contributed by atoms with Crippen molar-refractivity contribution >= 4 is 20.0 Å². The normalized spacial score (nSPS) is 28.1. The summed E-state index contributed by atoms with van der Waals surface area (Å²) in [5.74, 6) is 0.355. The molecule has 0 bridgehead atoms. The van der Waals surface area contributed by atoms with Crippen LogP contribution in [0.25, 0.3) is 0 Å². The van der Waals surface area contributed by atoms with Crippen molar-refractivity contribution in [3.05, 3.63) is 24.3 Å². The lowest BCUT2D eigenvalue weighted by Crippen LogP contribution is -2.49. The summed E-state index contributed by atoms with van der Waals surface area (Å²) in [4.78, 5) is 2.14. The Morgan fingerprint density at radius 1 is 1.10 bits per heavy atom. The molecule has 3 aliphatic rings. The van der Waals surface area contributed by atoms with Gasteiger partial charge in [-0.15, -0.1) is 0 Å². The first kappa shape index (κ1) is 21.0. The minimum atomic E-state index is -3.74. The Kier molecular flexibility index (Phi) is 5.67. The number of hydrogen-bond acceptors (Lipinski definition) is 6. The lowest BCUT2D eigenvalue weighted by Gasteiger charge is -2.32. The Bertz CT molecular complexity index is 960. The fraction of sp³-hybridized carbons (Fsp3) is 0.684. The van der Waals surface area contributed by atoms with Gasteiger partial charge in [0.25, 0.3) is 0 Å². The highest BCUT2D eigenvalue weighted by Gasteiger charge is 2.46. The van der Waals surface area contributed by atoms with Gasteiger partial charge in [0.2, 0.25) is 20.0 Å². The fourth-order valence-electron chi connectivity index (χ4n) is 4.15. The van der Waals surface area contributed by atoms with E-state index in [1.165, 1.54) is 4.31 Å². The van der Waals surface area contributed by atoms with E-state index in [2.05, 4.69) is 0 Å². The summed E-state index contributed by atoms with van der Waals surface area (Å²) in [5.41, 5.74) is 0. The van der Waals surface area contributed by atoms with Gasteiger partial charge < -0.3 is 9.64 Å². The van der Waals surface area contributed by atoms with Crippen LogP contribution in [0.5, 0.6) is 5.75 Å². The van der Waals surface area contributed by atoms with Crippen LogP contribution in [0, 0.1) is 0 Å². The maximum absolute atomic E-state index is 13.5. The Morgan fingerprint density at radius 2 is 1.79 bits per heavy atom. The predicted octanol–water partition coefficient (Wildman–Crippen LogP) is 0.957. The van der Waals surface area contributed by atoms with E-state index in [9.17, 15) is 16.8 Å². The molecule has 2 aliphatic heterocycles. The zero-order chi connectivity index (χ0) is 20.8. The third kappa shape index (κ3) is 4.05. The second kappa shape index (κ2) is 7.81. The number of hydrogen-bond donors (Lipinski definition) is 0. The summed E-state index contributed by atoms with van der Waals surface area (Å²) in [5, 5.41) is -0.263. The highest BCUT2D eigenvalue weighted by molar-refractivity contribution is 7.90. The summed E-state index contributed by atoms with van der Waals surface area (Å²) in [6, 6.07) is 6.34. The molecule has 0 amide bonds. The van der Waals surface area contributed by atoms with E-state index in [0.29, 0.717) is 44.8 Å². The van der Waals surface area contributed by atoms with Crippen LogP contribution in [0.2, 0.25) is 0 Å². The largest absolute Gasteiger partial charge is 0.487 e. The highest BCUT2D eigenvalue weighted by atomic mass is 32.2. The van der Waals surface area contributed by atoms with Crippen molar-refractivity contribution in [2.75, 3.05) is 40.3 Å². The van der Waals surface area contributed by atoms with Crippen LogP contribution in [0.15, 0.2) is 29.2 Å². The quantitative estimate of drug-likeness (QED) is 0.674. The van der Waals surface area contributed by atoms with E-state index < -0.39 is 26.1 Å². The smallest absolute Gasteiger partial charge is 0.247 e. The van der Waals surface area contributed by atoms with Crippen LogP contribution >= 0.6 is 0 Å². The summed E-state index contributed by atoms with van der Waals surface area (Å²) in [7, 11) is -3.23. The molecule has 2 atom stereocenters. The molecule has 1 aromatic rings. The molecular weight excluding hydrogens is 414 g/mol. The van der Waals surface area contributed by atoms with E-state index >= 15 is 0 Å². The maximum Gasteiger partial charge on any atom is 0.247 e. The van der Waals surface area contributed by atoms with Gasteiger partial charge in [0, 0.05) is 26.2 Å². The Morgan fingerprint density at radius 3 is 2.48 bits per heavy atom. The summed E-state index contributed by atoms with van der Waals surface area (Å²) in [6.45, 7) is 1.61. The van der Waals surface area contributed by atoms with Gasteiger partial charge in [-0.05, 0) is 51.9 Å². The number of ether oxygens (including phenoxy) is 1. The van der Waals surface area contributed by atoms with Gasteiger partial charge in [0.15, 0.2) is 0 Å². The zero-order valence-corrected chi connectivity index (χ0v) is 18.5. The van der Waals surface area contributed by atoms with Crippen LogP contribution in [0.4, 0.5) is 0 Å². The number of fused-ring (bicyclic) bond motifs is 2. The molecule has 0 aromatic heterocycles. The molecule has 2 fully saturated rings. The van der Waals surface area contributed by atoms with Gasteiger partial charge in [-0.25, -0.2) is 21.1 Å². The van der Waals surface area contributed by atoms with E-state index in [1.54, 1.807) is 28.6 Å². The van der Waals surface area contributed by atoms with Crippen LogP contribution in [-0.4, -0.2) is 88.0 Å². The zero-order valence-electron chi connectivity index (χ0n) is 16.9. The number of sulfonamides is 2. The summed E-state index contributed by atoms with van der Waals surface area (Å²) < 4.78 is 61.8. The first-order valence-electron chi connectivity index (χ1n) is 10.1. The van der Waals surface area contributed by atoms with Crippen molar-refractivity contribution in [3.63, 3.8) is 0 Å². The molecule has 1 saturated carbocycles. The molecule has 162 valence electrons. The average Bonchev–Trinajstić information content (AvgIpc) is 3.50. The lowest BCUT2D eigenvalue weighted by atomic mass is 10.1. The van der Waals surface area contributed by atoms with E-state index in [4.69, 9.17) is 4.74 Å². The van der Waals surface area contributed by atoms with Gasteiger partial charge >= 0.3 is 0 Å². The highest BCUT2D eigenvalue weighted by Crippen LogP contribution is 2.38. The van der Waals surface area contributed by atoms with E-state index in [0.717, 1.165) is 12.8 Å². The molecule has 2 heterocycles. The van der Waals surface area contributed by atoms with Crippen molar-refractivity contribution in [2.24, 2.45) is 0 Å². The molecule has 8 nitrogen and oxygen atoms in total. The minimum absolute atomic E-state index is 0.189. The Balaban J connectivity index is 1.69. The van der Waals surface area contributed by atoms with E-state index in [1.807, 2.05) is 19.0 Å². The molecule has 1 aliphatic carbocycles. The SMILES string of the molecule is CN(C)CCN1[C@H]2CCN(S(=O)(=O)C3CC3)CC[C@@H]2Oc2ccccc2S1(=O)=O. The third-order valence-corrected chi connectivity index (χ3v) is 10.3. The van der Waals surface area contributed by atoms with Crippen molar-refractivity contribution in [3.8, 4) is 5.75 Å². The molecule has 0 N–H and O–H groups in total. The lowest BCUT2D eigenvalue weighted by molar-refractivity contribution is 0.110. The molecule has 0 radical (unpaired) electrons. The number of nitrogens with zero attached hydrogens (tertiary/aromatic N) is 3. The Labute approximate surface area is 173 Å². The van der Waals surface area contributed by atoms with Crippen molar-refractivity contribution < 1.29 is 21.6 Å². The topological polar surface area (TPSA) is 87.2 Å². The second-order valence-electron chi connectivity index (χ2n) is 8.31. The van der Waals surface area contributed by atoms with Crippen LogP contribution < -0.4 is 4.74 Å². The molecule has 4 rings (SSSR count). The summed E-state index contributed by atoms with van der Waals surface area (Å²) >= 11 is 0. The maximum atomic E-state index is 13.5. The molecular formula is C19H29N3O5S2.